The Morgan fingerprint density at radius 2 is 1.89 bits per heavy atom. The summed E-state index contributed by atoms with van der Waals surface area (Å²) in [4.78, 5) is 0. The first-order chi connectivity index (χ1) is 9.19. The summed E-state index contributed by atoms with van der Waals surface area (Å²) in [6.45, 7) is 1.08. The van der Waals surface area contributed by atoms with Crippen LogP contribution in [0.25, 0.3) is 0 Å². The van der Waals surface area contributed by atoms with Crippen LogP contribution in [0, 0.1) is 17.7 Å². The van der Waals surface area contributed by atoms with E-state index in [4.69, 9.17) is 0 Å². The second-order valence-corrected chi connectivity index (χ2v) is 6.61. The number of rotatable bonds is 4. The van der Waals surface area contributed by atoms with Crippen LogP contribution in [0.3, 0.4) is 0 Å². The van der Waals surface area contributed by atoms with Crippen molar-refractivity contribution in [1.29, 1.82) is 0 Å². The fourth-order valence-corrected chi connectivity index (χ4v) is 3.81. The van der Waals surface area contributed by atoms with Crippen molar-refractivity contribution in [3.05, 3.63) is 34.1 Å². The van der Waals surface area contributed by atoms with Crippen LogP contribution in [0.5, 0.6) is 0 Å². The minimum Gasteiger partial charge on any atom is -0.319 e. The van der Waals surface area contributed by atoms with Gasteiger partial charge in [0.05, 0.1) is 0 Å². The lowest BCUT2D eigenvalue weighted by Gasteiger charge is -2.25. The second-order valence-electron chi connectivity index (χ2n) is 5.70. The standard InChI is InChI=1S/C16H23BrFN/c1-19-11-14-6-4-2-3-5-13(14)7-12-8-15(17)10-16(18)9-12/h8-10,13-14,19H,2-7,11H2,1H3. The minimum atomic E-state index is -0.136. The summed E-state index contributed by atoms with van der Waals surface area (Å²) in [7, 11) is 2.03. The van der Waals surface area contributed by atoms with E-state index in [1.807, 2.05) is 7.05 Å². The van der Waals surface area contributed by atoms with Crippen LogP contribution in [0.4, 0.5) is 4.39 Å². The summed E-state index contributed by atoms with van der Waals surface area (Å²) < 4.78 is 14.3. The maximum Gasteiger partial charge on any atom is 0.124 e. The first-order valence-electron chi connectivity index (χ1n) is 7.28. The molecule has 2 unspecified atom stereocenters. The van der Waals surface area contributed by atoms with Crippen LogP contribution < -0.4 is 5.32 Å². The predicted molar refractivity (Wildman–Crippen MR) is 81.8 cm³/mol. The van der Waals surface area contributed by atoms with Gasteiger partial charge in [-0.3, -0.25) is 0 Å². The topological polar surface area (TPSA) is 12.0 Å². The molecule has 1 saturated carbocycles. The summed E-state index contributed by atoms with van der Waals surface area (Å²) in [5, 5.41) is 3.32. The molecule has 1 N–H and O–H groups in total. The highest BCUT2D eigenvalue weighted by Gasteiger charge is 2.23. The van der Waals surface area contributed by atoms with Gasteiger partial charge in [0.1, 0.15) is 5.82 Å². The van der Waals surface area contributed by atoms with E-state index >= 15 is 0 Å². The lowest BCUT2D eigenvalue weighted by atomic mass is 9.83. The Morgan fingerprint density at radius 1 is 1.16 bits per heavy atom. The van der Waals surface area contributed by atoms with Gasteiger partial charge in [-0.2, -0.15) is 0 Å². The zero-order chi connectivity index (χ0) is 13.7. The molecule has 106 valence electrons. The van der Waals surface area contributed by atoms with E-state index in [-0.39, 0.29) is 5.82 Å². The predicted octanol–water partition coefficient (Wildman–Crippen LogP) is 4.55. The van der Waals surface area contributed by atoms with Crippen LogP contribution in [-0.4, -0.2) is 13.6 Å². The number of hydrogen-bond donors (Lipinski definition) is 1. The van der Waals surface area contributed by atoms with Crippen molar-refractivity contribution in [2.75, 3.05) is 13.6 Å². The number of hydrogen-bond acceptors (Lipinski definition) is 1. The molecule has 0 radical (unpaired) electrons. The Kier molecular flexibility index (Phi) is 5.83. The molecular formula is C16H23BrFN. The zero-order valence-corrected chi connectivity index (χ0v) is 13.2. The third kappa shape index (κ3) is 4.57. The van der Waals surface area contributed by atoms with Gasteiger partial charge in [-0.25, -0.2) is 4.39 Å². The monoisotopic (exact) mass is 327 g/mol. The van der Waals surface area contributed by atoms with E-state index in [0.717, 1.165) is 28.9 Å². The van der Waals surface area contributed by atoms with Crippen LogP contribution in [0.15, 0.2) is 22.7 Å². The molecule has 0 spiro atoms. The molecule has 0 aromatic heterocycles. The van der Waals surface area contributed by atoms with E-state index in [1.54, 1.807) is 6.07 Å². The lowest BCUT2D eigenvalue weighted by Crippen LogP contribution is -2.26. The van der Waals surface area contributed by atoms with Crippen LogP contribution in [0.1, 0.15) is 37.7 Å². The lowest BCUT2D eigenvalue weighted by molar-refractivity contribution is 0.303. The molecule has 0 bridgehead atoms. The Balaban J connectivity index is 2.08. The Morgan fingerprint density at radius 3 is 2.58 bits per heavy atom. The smallest absolute Gasteiger partial charge is 0.124 e. The zero-order valence-electron chi connectivity index (χ0n) is 11.6. The normalized spacial score (nSPS) is 24.2. The average Bonchev–Trinajstić information content (AvgIpc) is 2.55. The molecule has 0 amide bonds. The molecular weight excluding hydrogens is 305 g/mol. The van der Waals surface area contributed by atoms with Crippen molar-refractivity contribution in [3.63, 3.8) is 0 Å². The molecule has 2 rings (SSSR count). The summed E-state index contributed by atoms with van der Waals surface area (Å²) >= 11 is 3.39. The third-order valence-corrected chi connectivity index (χ3v) is 4.66. The first kappa shape index (κ1) is 15.0. The van der Waals surface area contributed by atoms with E-state index < -0.39 is 0 Å². The van der Waals surface area contributed by atoms with Gasteiger partial charge in [0, 0.05) is 4.47 Å². The second kappa shape index (κ2) is 7.39. The quantitative estimate of drug-likeness (QED) is 0.800. The van der Waals surface area contributed by atoms with Crippen molar-refractivity contribution >= 4 is 15.9 Å². The van der Waals surface area contributed by atoms with Crippen LogP contribution in [0.2, 0.25) is 0 Å². The number of halogens is 2. The van der Waals surface area contributed by atoms with Crippen molar-refractivity contribution in [2.24, 2.45) is 11.8 Å². The highest BCUT2D eigenvalue weighted by atomic mass is 79.9. The molecule has 1 fully saturated rings. The van der Waals surface area contributed by atoms with Gasteiger partial charge in [0.2, 0.25) is 0 Å². The first-order valence-corrected chi connectivity index (χ1v) is 8.08. The van der Waals surface area contributed by atoms with Gasteiger partial charge in [0.25, 0.3) is 0 Å². The van der Waals surface area contributed by atoms with Crippen molar-refractivity contribution in [2.45, 2.75) is 38.5 Å². The molecule has 2 atom stereocenters. The van der Waals surface area contributed by atoms with E-state index in [2.05, 4.69) is 27.3 Å². The minimum absolute atomic E-state index is 0.136. The van der Waals surface area contributed by atoms with Gasteiger partial charge in [-0.05, 0) is 68.5 Å². The summed E-state index contributed by atoms with van der Waals surface area (Å²) in [5.41, 5.74) is 1.12. The van der Waals surface area contributed by atoms with E-state index in [9.17, 15) is 4.39 Å². The third-order valence-electron chi connectivity index (χ3n) is 4.20. The van der Waals surface area contributed by atoms with E-state index in [0.29, 0.717) is 5.92 Å². The fourth-order valence-electron chi connectivity index (χ4n) is 3.29. The van der Waals surface area contributed by atoms with Gasteiger partial charge in [-0.15, -0.1) is 0 Å². The van der Waals surface area contributed by atoms with E-state index in [1.165, 1.54) is 38.2 Å². The molecule has 1 nitrogen and oxygen atoms in total. The summed E-state index contributed by atoms with van der Waals surface area (Å²) in [5.74, 6) is 1.28. The molecule has 19 heavy (non-hydrogen) atoms. The van der Waals surface area contributed by atoms with Crippen LogP contribution in [-0.2, 0) is 6.42 Å². The molecule has 1 aliphatic carbocycles. The maximum atomic E-state index is 13.5. The molecule has 1 aliphatic rings. The van der Waals surface area contributed by atoms with Crippen LogP contribution >= 0.6 is 15.9 Å². The van der Waals surface area contributed by atoms with Gasteiger partial charge >= 0.3 is 0 Å². The summed E-state index contributed by atoms with van der Waals surface area (Å²) in [6, 6.07) is 5.28. The molecule has 1 aromatic carbocycles. The van der Waals surface area contributed by atoms with Gasteiger partial charge in [0.15, 0.2) is 0 Å². The highest BCUT2D eigenvalue weighted by molar-refractivity contribution is 9.10. The van der Waals surface area contributed by atoms with Crippen molar-refractivity contribution in [1.82, 2.24) is 5.32 Å². The fraction of sp³-hybridized carbons (Fsp3) is 0.625. The maximum absolute atomic E-state index is 13.5. The molecule has 0 heterocycles. The highest BCUT2D eigenvalue weighted by Crippen LogP contribution is 2.31. The molecule has 0 aliphatic heterocycles. The molecule has 0 saturated heterocycles. The number of nitrogens with one attached hydrogen (secondary N) is 1. The summed E-state index contributed by atoms with van der Waals surface area (Å²) in [6.07, 6.45) is 7.60. The Hall–Kier alpha value is -0.410. The van der Waals surface area contributed by atoms with Crippen molar-refractivity contribution < 1.29 is 4.39 Å². The SMILES string of the molecule is CNCC1CCCCCC1Cc1cc(F)cc(Br)c1. The largest absolute Gasteiger partial charge is 0.319 e. The van der Waals surface area contributed by atoms with Gasteiger partial charge < -0.3 is 5.32 Å². The average molecular weight is 328 g/mol. The Labute approximate surface area is 124 Å². The van der Waals surface area contributed by atoms with Gasteiger partial charge in [-0.1, -0.05) is 35.2 Å². The molecule has 1 aromatic rings. The van der Waals surface area contributed by atoms with Crippen molar-refractivity contribution in [3.8, 4) is 0 Å². The molecule has 3 heteroatoms. The number of benzene rings is 1. The Bertz CT molecular complexity index is 387.